The number of Topliss-reactive ketones (excluding diaryl/α,β-unsaturated/α-hetero) is 1. The second-order valence-electron chi connectivity index (χ2n) is 6.52. The van der Waals surface area contributed by atoms with Crippen molar-refractivity contribution in [1.82, 2.24) is 0 Å². The van der Waals surface area contributed by atoms with Gasteiger partial charge in [0.2, 0.25) is 5.88 Å². The number of nitrogens with two attached hydrogens (primary N) is 1. The molecular formula is C15H19NO2. The van der Waals surface area contributed by atoms with Crippen LogP contribution in [-0.2, 0) is 0 Å². The SMILES string of the molecule is Nc1occc1C(=O)C1C2CC3CC(C2)CC1C3. The highest BCUT2D eigenvalue weighted by Gasteiger charge is 2.51. The molecule has 1 heterocycles. The van der Waals surface area contributed by atoms with Crippen molar-refractivity contribution in [2.75, 3.05) is 5.73 Å². The number of furan rings is 1. The van der Waals surface area contributed by atoms with Gasteiger partial charge in [0, 0.05) is 5.92 Å². The van der Waals surface area contributed by atoms with Crippen molar-refractivity contribution in [2.24, 2.45) is 29.6 Å². The van der Waals surface area contributed by atoms with Gasteiger partial charge in [-0.05, 0) is 61.8 Å². The number of carbonyl (C=O) groups is 1. The Bertz CT molecular complexity index is 462. The minimum atomic E-state index is 0.220. The Hall–Kier alpha value is -1.25. The number of rotatable bonds is 2. The fraction of sp³-hybridized carbons (Fsp3) is 0.667. The lowest BCUT2D eigenvalue weighted by Crippen LogP contribution is -2.48. The Labute approximate surface area is 107 Å². The van der Waals surface area contributed by atoms with E-state index in [1.807, 2.05) is 0 Å². The zero-order valence-corrected chi connectivity index (χ0v) is 10.5. The molecule has 1 aromatic heterocycles. The molecule has 0 spiro atoms. The summed E-state index contributed by atoms with van der Waals surface area (Å²) in [6.07, 6.45) is 8.01. The second kappa shape index (κ2) is 3.62. The zero-order valence-electron chi connectivity index (χ0n) is 10.5. The van der Waals surface area contributed by atoms with Gasteiger partial charge in [0.05, 0.1) is 11.8 Å². The molecule has 3 heteroatoms. The zero-order chi connectivity index (χ0) is 12.3. The van der Waals surface area contributed by atoms with Crippen LogP contribution in [0.25, 0.3) is 0 Å². The molecule has 4 aliphatic rings. The lowest BCUT2D eigenvalue weighted by molar-refractivity contribution is -0.0250. The van der Waals surface area contributed by atoms with Gasteiger partial charge in [0.1, 0.15) is 0 Å². The summed E-state index contributed by atoms with van der Waals surface area (Å²) < 4.78 is 5.09. The van der Waals surface area contributed by atoms with E-state index >= 15 is 0 Å². The van der Waals surface area contributed by atoms with E-state index in [1.165, 1.54) is 38.4 Å². The summed E-state index contributed by atoms with van der Waals surface area (Å²) >= 11 is 0. The topological polar surface area (TPSA) is 56.2 Å². The minimum Gasteiger partial charge on any atom is -0.448 e. The molecule has 0 atom stereocenters. The first kappa shape index (κ1) is 10.7. The molecule has 5 rings (SSSR count). The van der Waals surface area contributed by atoms with Crippen LogP contribution in [0.15, 0.2) is 16.7 Å². The van der Waals surface area contributed by atoms with Crippen molar-refractivity contribution in [1.29, 1.82) is 0 Å². The molecule has 0 amide bonds. The monoisotopic (exact) mass is 245 g/mol. The van der Waals surface area contributed by atoms with Crippen molar-refractivity contribution in [3.63, 3.8) is 0 Å². The van der Waals surface area contributed by atoms with E-state index in [1.54, 1.807) is 6.07 Å². The molecule has 4 aliphatic carbocycles. The average Bonchev–Trinajstić information content (AvgIpc) is 2.73. The summed E-state index contributed by atoms with van der Waals surface area (Å²) in [7, 11) is 0. The Morgan fingerprint density at radius 2 is 1.72 bits per heavy atom. The average molecular weight is 245 g/mol. The third kappa shape index (κ3) is 1.39. The molecule has 0 aromatic carbocycles. The van der Waals surface area contributed by atoms with Gasteiger partial charge in [-0.15, -0.1) is 0 Å². The van der Waals surface area contributed by atoms with Gasteiger partial charge in [-0.3, -0.25) is 4.79 Å². The molecule has 4 fully saturated rings. The van der Waals surface area contributed by atoms with E-state index in [4.69, 9.17) is 10.2 Å². The van der Waals surface area contributed by atoms with Gasteiger partial charge in [-0.1, -0.05) is 0 Å². The Balaban J connectivity index is 1.65. The summed E-state index contributed by atoms with van der Waals surface area (Å²) in [5.74, 6) is 3.80. The van der Waals surface area contributed by atoms with Crippen molar-refractivity contribution in [3.8, 4) is 0 Å². The molecule has 0 unspecified atom stereocenters. The third-order valence-electron chi connectivity index (χ3n) is 5.49. The number of anilines is 1. The summed E-state index contributed by atoms with van der Waals surface area (Å²) in [5, 5.41) is 0. The maximum atomic E-state index is 12.7. The maximum Gasteiger partial charge on any atom is 0.200 e. The van der Waals surface area contributed by atoms with Gasteiger partial charge >= 0.3 is 0 Å². The van der Waals surface area contributed by atoms with Gasteiger partial charge < -0.3 is 10.2 Å². The predicted molar refractivity (Wildman–Crippen MR) is 68.0 cm³/mol. The number of ketones is 1. The minimum absolute atomic E-state index is 0.220. The van der Waals surface area contributed by atoms with Crippen LogP contribution < -0.4 is 5.73 Å². The fourth-order valence-electron chi connectivity index (χ4n) is 5.06. The highest BCUT2D eigenvalue weighted by atomic mass is 16.3. The van der Waals surface area contributed by atoms with E-state index < -0.39 is 0 Å². The number of hydrogen-bond donors (Lipinski definition) is 1. The van der Waals surface area contributed by atoms with Crippen LogP contribution in [0.4, 0.5) is 5.88 Å². The lowest BCUT2D eigenvalue weighted by Gasteiger charge is -2.53. The normalized spacial score (nSPS) is 41.2. The summed E-state index contributed by atoms with van der Waals surface area (Å²) in [6.45, 7) is 0. The highest BCUT2D eigenvalue weighted by Crippen LogP contribution is 2.57. The van der Waals surface area contributed by atoms with Crippen LogP contribution in [-0.4, -0.2) is 5.78 Å². The van der Waals surface area contributed by atoms with Crippen molar-refractivity contribution in [2.45, 2.75) is 32.1 Å². The lowest BCUT2D eigenvalue weighted by atomic mass is 9.51. The van der Waals surface area contributed by atoms with Crippen LogP contribution in [0.2, 0.25) is 0 Å². The standard InChI is InChI=1S/C15H19NO2/c16-15-12(1-2-18-15)14(17)13-10-4-8-3-9(6-10)7-11(13)5-8/h1-2,8-11,13H,3-7,16H2. The molecule has 0 radical (unpaired) electrons. The maximum absolute atomic E-state index is 12.7. The molecule has 4 bridgehead atoms. The number of carbonyl (C=O) groups excluding carboxylic acids is 1. The van der Waals surface area contributed by atoms with Gasteiger partial charge in [-0.2, -0.15) is 0 Å². The van der Waals surface area contributed by atoms with E-state index in [-0.39, 0.29) is 11.7 Å². The first-order chi connectivity index (χ1) is 8.72. The van der Waals surface area contributed by atoms with Crippen LogP contribution in [0.1, 0.15) is 42.5 Å². The molecule has 1 aromatic rings. The van der Waals surface area contributed by atoms with Gasteiger partial charge in [0.15, 0.2) is 5.78 Å². The van der Waals surface area contributed by atoms with Crippen LogP contribution in [0, 0.1) is 29.6 Å². The summed E-state index contributed by atoms with van der Waals surface area (Å²) in [5.41, 5.74) is 6.37. The molecule has 0 aliphatic heterocycles. The van der Waals surface area contributed by atoms with Gasteiger partial charge in [-0.25, -0.2) is 0 Å². The van der Waals surface area contributed by atoms with E-state index in [2.05, 4.69) is 0 Å². The predicted octanol–water partition coefficient (Wildman–Crippen LogP) is 3.12. The van der Waals surface area contributed by atoms with Gasteiger partial charge in [0.25, 0.3) is 0 Å². The number of nitrogen functional groups attached to an aromatic ring is 1. The van der Waals surface area contributed by atoms with Crippen LogP contribution in [0.5, 0.6) is 0 Å². The van der Waals surface area contributed by atoms with Crippen molar-refractivity contribution >= 4 is 11.7 Å². The molecular weight excluding hydrogens is 226 g/mol. The molecule has 18 heavy (non-hydrogen) atoms. The molecule has 3 nitrogen and oxygen atoms in total. The third-order valence-corrected chi connectivity index (χ3v) is 5.49. The quantitative estimate of drug-likeness (QED) is 0.814. The number of hydrogen-bond acceptors (Lipinski definition) is 3. The summed E-state index contributed by atoms with van der Waals surface area (Å²) in [4.78, 5) is 12.7. The van der Waals surface area contributed by atoms with Crippen LogP contribution in [0.3, 0.4) is 0 Å². The second-order valence-corrected chi connectivity index (χ2v) is 6.52. The Kier molecular flexibility index (Phi) is 2.14. The Morgan fingerprint density at radius 3 is 2.22 bits per heavy atom. The largest absolute Gasteiger partial charge is 0.448 e. The van der Waals surface area contributed by atoms with Crippen molar-refractivity contribution in [3.05, 3.63) is 17.9 Å². The first-order valence-corrected chi connectivity index (χ1v) is 7.09. The smallest absolute Gasteiger partial charge is 0.200 e. The molecule has 96 valence electrons. The fourth-order valence-corrected chi connectivity index (χ4v) is 5.06. The Morgan fingerprint density at radius 1 is 1.11 bits per heavy atom. The van der Waals surface area contributed by atoms with Crippen molar-refractivity contribution < 1.29 is 9.21 Å². The summed E-state index contributed by atoms with van der Waals surface area (Å²) in [6, 6.07) is 1.74. The van der Waals surface area contributed by atoms with E-state index in [0.29, 0.717) is 23.3 Å². The van der Waals surface area contributed by atoms with E-state index in [0.717, 1.165) is 11.8 Å². The molecule has 4 saturated carbocycles. The first-order valence-electron chi connectivity index (χ1n) is 7.09. The highest BCUT2D eigenvalue weighted by molar-refractivity contribution is 6.01. The molecule has 0 saturated heterocycles. The molecule has 2 N–H and O–H groups in total. The van der Waals surface area contributed by atoms with Crippen LogP contribution >= 0.6 is 0 Å². The van der Waals surface area contributed by atoms with E-state index in [9.17, 15) is 4.79 Å².